The number of hydrogen-bond donors (Lipinski definition) is 1. The third-order valence-corrected chi connectivity index (χ3v) is 5.94. The van der Waals surface area contributed by atoms with Gasteiger partial charge in [-0.05, 0) is 56.0 Å². The van der Waals surface area contributed by atoms with Gasteiger partial charge in [-0.25, -0.2) is 8.42 Å². The number of benzene rings is 2. The van der Waals surface area contributed by atoms with Crippen LogP contribution < -0.4 is 14.4 Å². The number of nitrogens with zero attached hydrogens (tertiary/aromatic N) is 1. The third-order valence-electron chi connectivity index (χ3n) is 4.74. The smallest absolute Gasteiger partial charge is 0.261 e. The molecule has 2 aromatic rings. The van der Waals surface area contributed by atoms with Crippen molar-refractivity contribution in [3.8, 4) is 5.75 Å². The molecule has 0 saturated heterocycles. The lowest BCUT2D eigenvalue weighted by Gasteiger charge is -2.21. The first-order valence-corrected chi connectivity index (χ1v) is 11.6. The van der Waals surface area contributed by atoms with Crippen molar-refractivity contribution in [2.45, 2.75) is 45.3 Å². The zero-order valence-corrected chi connectivity index (χ0v) is 18.3. The molecule has 0 radical (unpaired) electrons. The maximum atomic E-state index is 12.6. The van der Waals surface area contributed by atoms with Gasteiger partial charge >= 0.3 is 0 Å². The van der Waals surface area contributed by atoms with Gasteiger partial charge in [-0.1, -0.05) is 37.3 Å². The molecule has 2 rings (SSSR count). The van der Waals surface area contributed by atoms with Crippen molar-refractivity contribution in [2.24, 2.45) is 0 Å². The summed E-state index contributed by atoms with van der Waals surface area (Å²) < 4.78 is 30.3. The summed E-state index contributed by atoms with van der Waals surface area (Å²) in [5, 5.41) is 3.02. The summed E-state index contributed by atoms with van der Waals surface area (Å²) in [4.78, 5) is 12.6. The van der Waals surface area contributed by atoms with Gasteiger partial charge in [0.1, 0.15) is 5.75 Å². The average Bonchev–Trinajstić information content (AvgIpc) is 2.70. The second-order valence-corrected chi connectivity index (χ2v) is 9.19. The van der Waals surface area contributed by atoms with Crippen molar-refractivity contribution >= 4 is 21.6 Å². The molecular weight excluding hydrogens is 388 g/mol. The van der Waals surface area contributed by atoms with Crippen LogP contribution >= 0.6 is 0 Å². The minimum atomic E-state index is -3.32. The lowest BCUT2D eigenvalue weighted by atomic mass is 10.1. The van der Waals surface area contributed by atoms with Crippen LogP contribution in [0.15, 0.2) is 54.6 Å². The Labute approximate surface area is 173 Å². The minimum Gasteiger partial charge on any atom is -0.481 e. The highest BCUT2D eigenvalue weighted by Gasteiger charge is 2.20. The molecule has 0 saturated carbocycles. The third kappa shape index (κ3) is 7.09. The SMILES string of the molecule is CC[C@@H](Oc1ccc(N(C)S(C)(=O)=O)cc1)C(=O)N[C@H](C)CCc1ccccc1. The van der Waals surface area contributed by atoms with Crippen LogP contribution in [0, 0.1) is 0 Å². The molecule has 158 valence electrons. The molecule has 0 unspecified atom stereocenters. The van der Waals surface area contributed by atoms with E-state index >= 15 is 0 Å². The zero-order chi connectivity index (χ0) is 21.4. The van der Waals surface area contributed by atoms with E-state index in [0.29, 0.717) is 17.9 Å². The van der Waals surface area contributed by atoms with Gasteiger partial charge in [-0.2, -0.15) is 0 Å². The van der Waals surface area contributed by atoms with Crippen molar-refractivity contribution in [1.29, 1.82) is 0 Å². The molecule has 7 heteroatoms. The summed E-state index contributed by atoms with van der Waals surface area (Å²) in [7, 11) is -1.83. The maximum absolute atomic E-state index is 12.6. The van der Waals surface area contributed by atoms with Crippen LogP contribution in [0.25, 0.3) is 0 Å². The van der Waals surface area contributed by atoms with Gasteiger partial charge in [-0.15, -0.1) is 0 Å². The van der Waals surface area contributed by atoms with Crippen LogP contribution in [0.1, 0.15) is 32.3 Å². The molecule has 0 aliphatic heterocycles. The highest BCUT2D eigenvalue weighted by atomic mass is 32.2. The van der Waals surface area contributed by atoms with E-state index in [2.05, 4.69) is 17.4 Å². The van der Waals surface area contributed by atoms with Gasteiger partial charge in [0.15, 0.2) is 6.10 Å². The number of amides is 1. The Hall–Kier alpha value is -2.54. The van der Waals surface area contributed by atoms with E-state index in [9.17, 15) is 13.2 Å². The van der Waals surface area contributed by atoms with Gasteiger partial charge in [-0.3, -0.25) is 9.10 Å². The summed E-state index contributed by atoms with van der Waals surface area (Å²) in [5.74, 6) is 0.375. The number of rotatable bonds is 10. The highest BCUT2D eigenvalue weighted by molar-refractivity contribution is 7.92. The van der Waals surface area contributed by atoms with Crippen LogP contribution in [0.2, 0.25) is 0 Å². The molecule has 29 heavy (non-hydrogen) atoms. The van der Waals surface area contributed by atoms with Crippen molar-refractivity contribution in [3.63, 3.8) is 0 Å². The van der Waals surface area contributed by atoms with Gasteiger partial charge in [0, 0.05) is 13.1 Å². The Morgan fingerprint density at radius 2 is 1.72 bits per heavy atom. The topological polar surface area (TPSA) is 75.7 Å². The number of carbonyl (C=O) groups is 1. The van der Waals surface area contributed by atoms with Gasteiger partial charge in [0.25, 0.3) is 5.91 Å². The Morgan fingerprint density at radius 1 is 1.10 bits per heavy atom. The molecule has 1 N–H and O–H groups in total. The summed E-state index contributed by atoms with van der Waals surface area (Å²) in [5.41, 5.74) is 1.78. The fourth-order valence-electron chi connectivity index (χ4n) is 2.85. The van der Waals surface area contributed by atoms with Crippen LogP contribution in [-0.4, -0.2) is 39.8 Å². The minimum absolute atomic E-state index is 0.0335. The van der Waals surface area contributed by atoms with Gasteiger partial charge in [0.2, 0.25) is 10.0 Å². The lowest BCUT2D eigenvalue weighted by Crippen LogP contribution is -2.42. The molecule has 0 spiro atoms. The molecule has 0 heterocycles. The standard InChI is InChI=1S/C22H30N2O4S/c1-5-21(22(25)23-17(2)11-12-18-9-7-6-8-10-18)28-20-15-13-19(14-16-20)24(3)29(4,26)27/h6-10,13-17,21H,5,11-12H2,1-4H3,(H,23,25)/t17-,21-/m1/s1. The molecule has 1 amide bonds. The first-order valence-electron chi connectivity index (χ1n) is 9.75. The average molecular weight is 419 g/mol. The highest BCUT2D eigenvalue weighted by Crippen LogP contribution is 2.21. The summed E-state index contributed by atoms with van der Waals surface area (Å²) in [6.07, 6.45) is 2.82. The quantitative estimate of drug-likeness (QED) is 0.642. The fraction of sp³-hybridized carbons (Fsp3) is 0.409. The Kier molecular flexibility index (Phi) is 8.08. The second-order valence-electron chi connectivity index (χ2n) is 7.17. The predicted octanol–water partition coefficient (Wildman–Crippen LogP) is 3.38. The van der Waals surface area contributed by atoms with Gasteiger partial charge < -0.3 is 10.1 Å². The molecule has 6 nitrogen and oxygen atoms in total. The van der Waals surface area contributed by atoms with Crippen LogP contribution in [0.3, 0.4) is 0 Å². The van der Waals surface area contributed by atoms with Crippen LogP contribution in [0.5, 0.6) is 5.75 Å². The number of ether oxygens (including phenoxy) is 1. The Balaban J connectivity index is 1.90. The number of hydrogen-bond acceptors (Lipinski definition) is 4. The predicted molar refractivity (Wildman–Crippen MR) is 117 cm³/mol. The molecule has 0 fully saturated rings. The monoisotopic (exact) mass is 418 g/mol. The molecule has 2 aromatic carbocycles. The molecular formula is C22H30N2O4S. The first kappa shape index (κ1) is 22.7. The van der Waals surface area contributed by atoms with Crippen molar-refractivity contribution in [3.05, 3.63) is 60.2 Å². The number of sulfonamides is 1. The zero-order valence-electron chi connectivity index (χ0n) is 17.5. The molecule has 0 aliphatic rings. The number of anilines is 1. The van der Waals surface area contributed by atoms with Crippen molar-refractivity contribution in [2.75, 3.05) is 17.6 Å². The number of aryl methyl sites for hydroxylation is 1. The second kappa shape index (κ2) is 10.3. The van der Waals surface area contributed by atoms with E-state index in [1.54, 1.807) is 24.3 Å². The summed E-state index contributed by atoms with van der Waals surface area (Å²) >= 11 is 0. The van der Waals surface area contributed by atoms with E-state index in [1.165, 1.54) is 16.9 Å². The van der Waals surface area contributed by atoms with Crippen molar-refractivity contribution in [1.82, 2.24) is 5.32 Å². The summed E-state index contributed by atoms with van der Waals surface area (Å²) in [6.45, 7) is 3.88. The van der Waals surface area contributed by atoms with E-state index < -0.39 is 16.1 Å². The Bertz CT molecular complexity index is 883. The lowest BCUT2D eigenvalue weighted by molar-refractivity contribution is -0.128. The van der Waals surface area contributed by atoms with Crippen molar-refractivity contribution < 1.29 is 17.9 Å². The normalized spacial score (nSPS) is 13.4. The Morgan fingerprint density at radius 3 is 2.28 bits per heavy atom. The maximum Gasteiger partial charge on any atom is 0.261 e. The van der Waals surface area contributed by atoms with Crippen LogP contribution in [0.4, 0.5) is 5.69 Å². The van der Waals surface area contributed by atoms with E-state index in [1.807, 2.05) is 32.0 Å². The first-order chi connectivity index (χ1) is 13.7. The molecule has 0 bridgehead atoms. The van der Waals surface area contributed by atoms with Crippen LogP contribution in [-0.2, 0) is 21.2 Å². The number of carbonyl (C=O) groups excluding carboxylic acids is 1. The number of nitrogens with one attached hydrogen (secondary N) is 1. The molecule has 2 atom stereocenters. The largest absolute Gasteiger partial charge is 0.481 e. The molecule has 0 aromatic heterocycles. The van der Waals surface area contributed by atoms with E-state index in [4.69, 9.17) is 4.74 Å². The summed E-state index contributed by atoms with van der Waals surface area (Å²) in [6, 6.07) is 16.9. The van der Waals surface area contributed by atoms with E-state index in [-0.39, 0.29) is 11.9 Å². The van der Waals surface area contributed by atoms with E-state index in [0.717, 1.165) is 19.1 Å². The fourth-order valence-corrected chi connectivity index (χ4v) is 3.35. The molecule has 0 aliphatic carbocycles. The van der Waals surface area contributed by atoms with Gasteiger partial charge in [0.05, 0.1) is 11.9 Å².